The second kappa shape index (κ2) is 6.88. The van der Waals surface area contributed by atoms with E-state index in [9.17, 15) is 9.59 Å². The van der Waals surface area contributed by atoms with Gasteiger partial charge in [-0.1, -0.05) is 20.8 Å². The van der Waals surface area contributed by atoms with Crippen LogP contribution in [0.2, 0.25) is 0 Å². The molecule has 0 aliphatic carbocycles. The van der Waals surface area contributed by atoms with Crippen molar-refractivity contribution in [3.05, 3.63) is 24.2 Å². The van der Waals surface area contributed by atoms with E-state index >= 15 is 0 Å². The van der Waals surface area contributed by atoms with Crippen LogP contribution in [0.15, 0.2) is 23.0 Å². The summed E-state index contributed by atoms with van der Waals surface area (Å²) in [5.74, 6) is -1.26. The molecule has 28 heavy (non-hydrogen) atoms. The van der Waals surface area contributed by atoms with Crippen molar-refractivity contribution in [3.8, 4) is 0 Å². The van der Waals surface area contributed by atoms with E-state index in [1.807, 2.05) is 27.7 Å². The van der Waals surface area contributed by atoms with Gasteiger partial charge in [-0.3, -0.25) is 9.59 Å². The summed E-state index contributed by atoms with van der Waals surface area (Å²) in [6, 6.07) is 0.842. The molecular weight excluding hydrogens is 360 g/mol. The van der Waals surface area contributed by atoms with E-state index in [1.165, 1.54) is 17.4 Å². The number of ether oxygens (including phenoxy) is 2. The van der Waals surface area contributed by atoms with Crippen LogP contribution >= 0.6 is 0 Å². The van der Waals surface area contributed by atoms with Crippen LogP contribution in [0.3, 0.4) is 0 Å². The Morgan fingerprint density at radius 3 is 2.46 bits per heavy atom. The van der Waals surface area contributed by atoms with E-state index in [0.29, 0.717) is 12.1 Å². The van der Waals surface area contributed by atoms with Crippen molar-refractivity contribution in [2.75, 3.05) is 6.54 Å². The first-order valence-corrected chi connectivity index (χ1v) is 9.79. The van der Waals surface area contributed by atoms with Crippen LogP contribution in [-0.2, 0) is 14.3 Å². The molecule has 2 saturated heterocycles. The zero-order valence-electron chi connectivity index (χ0n) is 17.9. The number of carbonyl (C=O) groups is 2. The number of likely N-dealkylation sites (tertiary alicyclic amines) is 1. The van der Waals surface area contributed by atoms with Crippen LogP contribution in [0.1, 0.15) is 65.2 Å². The Morgan fingerprint density at radius 2 is 1.89 bits per heavy atom. The first-order chi connectivity index (χ1) is 12.8. The number of amides is 2. The van der Waals surface area contributed by atoms with Gasteiger partial charge in [0, 0.05) is 5.54 Å². The van der Waals surface area contributed by atoms with Crippen molar-refractivity contribution >= 4 is 11.8 Å². The summed E-state index contributed by atoms with van der Waals surface area (Å²) in [5.41, 5.74) is 0.0363. The highest BCUT2D eigenvalue weighted by molar-refractivity contribution is 5.98. The third-order valence-corrected chi connectivity index (χ3v) is 4.98. The lowest BCUT2D eigenvalue weighted by Gasteiger charge is -2.36. The monoisotopic (exact) mass is 392 g/mol. The summed E-state index contributed by atoms with van der Waals surface area (Å²) in [6.45, 7) is 14.4. The fraction of sp³-hybridized carbons (Fsp3) is 0.714. The van der Waals surface area contributed by atoms with Crippen LogP contribution in [-0.4, -0.2) is 52.8 Å². The summed E-state index contributed by atoms with van der Waals surface area (Å²) in [4.78, 5) is 27.8. The minimum absolute atomic E-state index is 0.0518. The lowest BCUT2D eigenvalue weighted by Crippen LogP contribution is -2.56. The maximum atomic E-state index is 13.3. The SMILES string of the molecule is CC(C)(C)CC(C)(C)NC(=O)[C@@H]1[C@H]2OC(C)(C)O[C@H]2CN1C(=O)c1ccoc1. The maximum Gasteiger partial charge on any atom is 0.257 e. The van der Waals surface area contributed by atoms with E-state index in [0.717, 1.165) is 6.42 Å². The van der Waals surface area contributed by atoms with Gasteiger partial charge in [-0.05, 0) is 45.6 Å². The van der Waals surface area contributed by atoms with Crippen LogP contribution in [0.4, 0.5) is 0 Å². The topological polar surface area (TPSA) is 81.0 Å². The summed E-state index contributed by atoms with van der Waals surface area (Å²) < 4.78 is 17.0. The standard InChI is InChI=1S/C21H32N2O5/c1-19(2,3)12-20(4,5)22-17(24)15-16-14(27-21(6,7)28-16)10-23(15)18(25)13-8-9-26-11-13/h8-9,11,14-16H,10,12H2,1-7H3,(H,22,24)/t14-,15-,16-/m0/s1. The minimum atomic E-state index is -0.778. The normalized spacial score (nSPS) is 27.0. The number of nitrogens with zero attached hydrogens (tertiary/aromatic N) is 1. The van der Waals surface area contributed by atoms with Gasteiger partial charge < -0.3 is 24.1 Å². The molecule has 2 aliphatic rings. The molecule has 0 radical (unpaired) electrons. The Morgan fingerprint density at radius 1 is 1.21 bits per heavy atom. The second-order valence-corrected chi connectivity index (χ2v) is 10.2. The Balaban J connectivity index is 1.84. The number of nitrogens with one attached hydrogen (secondary N) is 1. The summed E-state index contributed by atoms with van der Waals surface area (Å²) >= 11 is 0. The fourth-order valence-corrected chi connectivity index (χ4v) is 4.59. The zero-order valence-corrected chi connectivity index (χ0v) is 17.9. The number of carbonyl (C=O) groups excluding carboxylic acids is 2. The molecule has 1 aromatic heterocycles. The van der Waals surface area contributed by atoms with Crippen molar-refractivity contribution < 1.29 is 23.5 Å². The number of furan rings is 1. The van der Waals surface area contributed by atoms with Gasteiger partial charge in [0.2, 0.25) is 5.91 Å². The molecule has 3 rings (SSSR count). The fourth-order valence-electron chi connectivity index (χ4n) is 4.59. The molecule has 2 aliphatic heterocycles. The molecule has 0 spiro atoms. The van der Waals surface area contributed by atoms with E-state index in [1.54, 1.807) is 6.07 Å². The maximum absolute atomic E-state index is 13.3. The largest absolute Gasteiger partial charge is 0.472 e. The van der Waals surface area contributed by atoms with Crippen LogP contribution in [0.5, 0.6) is 0 Å². The minimum Gasteiger partial charge on any atom is -0.472 e. The average molecular weight is 392 g/mol. The molecule has 0 aromatic carbocycles. The Labute approximate surface area is 166 Å². The predicted molar refractivity (Wildman–Crippen MR) is 104 cm³/mol. The Hall–Kier alpha value is -1.86. The molecular formula is C21H32N2O5. The quantitative estimate of drug-likeness (QED) is 0.852. The van der Waals surface area contributed by atoms with Gasteiger partial charge in [0.15, 0.2) is 5.79 Å². The first kappa shape index (κ1) is 20.9. The van der Waals surface area contributed by atoms with Crippen molar-refractivity contribution in [1.82, 2.24) is 10.2 Å². The molecule has 0 saturated carbocycles. The van der Waals surface area contributed by atoms with E-state index in [-0.39, 0.29) is 23.3 Å². The molecule has 3 atom stereocenters. The van der Waals surface area contributed by atoms with Crippen molar-refractivity contribution in [1.29, 1.82) is 0 Å². The van der Waals surface area contributed by atoms with Crippen LogP contribution < -0.4 is 5.32 Å². The van der Waals surface area contributed by atoms with Gasteiger partial charge >= 0.3 is 0 Å². The molecule has 3 heterocycles. The molecule has 1 aromatic rings. The van der Waals surface area contributed by atoms with Crippen molar-refractivity contribution in [3.63, 3.8) is 0 Å². The van der Waals surface area contributed by atoms with Gasteiger partial charge in [-0.2, -0.15) is 0 Å². The molecule has 0 bridgehead atoms. The summed E-state index contributed by atoms with van der Waals surface area (Å²) in [7, 11) is 0. The highest BCUT2D eigenvalue weighted by Crippen LogP contribution is 2.38. The molecule has 2 amide bonds. The lowest BCUT2D eigenvalue weighted by atomic mass is 9.81. The number of rotatable bonds is 4. The van der Waals surface area contributed by atoms with Gasteiger partial charge in [-0.25, -0.2) is 0 Å². The summed E-state index contributed by atoms with van der Waals surface area (Å²) in [5, 5.41) is 3.13. The summed E-state index contributed by atoms with van der Waals surface area (Å²) in [6.07, 6.45) is 2.79. The lowest BCUT2D eigenvalue weighted by molar-refractivity contribution is -0.162. The third-order valence-electron chi connectivity index (χ3n) is 4.98. The third kappa shape index (κ3) is 4.41. The molecule has 156 valence electrons. The molecule has 1 N–H and O–H groups in total. The van der Waals surface area contributed by atoms with Gasteiger partial charge in [0.1, 0.15) is 24.5 Å². The van der Waals surface area contributed by atoms with Crippen LogP contribution in [0, 0.1) is 5.41 Å². The molecule has 0 unspecified atom stereocenters. The second-order valence-electron chi connectivity index (χ2n) is 10.2. The van der Waals surface area contributed by atoms with E-state index in [4.69, 9.17) is 13.9 Å². The average Bonchev–Trinajstić information content (AvgIpc) is 3.16. The first-order valence-electron chi connectivity index (χ1n) is 9.79. The van der Waals surface area contributed by atoms with Gasteiger partial charge in [0.05, 0.1) is 18.4 Å². The zero-order chi connectivity index (χ0) is 20.9. The number of hydrogen-bond acceptors (Lipinski definition) is 5. The molecule has 7 nitrogen and oxygen atoms in total. The van der Waals surface area contributed by atoms with Crippen LogP contribution in [0.25, 0.3) is 0 Å². The molecule has 7 heteroatoms. The highest BCUT2D eigenvalue weighted by atomic mass is 16.8. The number of fused-ring (bicyclic) bond motifs is 1. The smallest absolute Gasteiger partial charge is 0.257 e. The van der Waals surface area contributed by atoms with Gasteiger partial charge in [0.25, 0.3) is 5.91 Å². The van der Waals surface area contributed by atoms with E-state index in [2.05, 4.69) is 26.1 Å². The Bertz CT molecular complexity index is 732. The highest BCUT2D eigenvalue weighted by Gasteiger charge is 2.57. The van der Waals surface area contributed by atoms with Crippen molar-refractivity contribution in [2.24, 2.45) is 5.41 Å². The van der Waals surface area contributed by atoms with E-state index < -0.39 is 23.5 Å². The van der Waals surface area contributed by atoms with Gasteiger partial charge in [-0.15, -0.1) is 0 Å². The molecule has 2 fully saturated rings. The van der Waals surface area contributed by atoms with Crippen molar-refractivity contribution in [2.45, 2.75) is 84.5 Å². The number of hydrogen-bond donors (Lipinski definition) is 1. The predicted octanol–water partition coefficient (Wildman–Crippen LogP) is 2.96. The Kier molecular flexibility index (Phi) is 5.13.